The number of carboxylic acids is 1. The molecule has 1 aromatic carbocycles. The summed E-state index contributed by atoms with van der Waals surface area (Å²) in [6, 6.07) is 2.89. The SMILES string of the molecule is COCOc1ccc(Cl)c(C(=O)O)c1Cl. The zero-order valence-corrected chi connectivity index (χ0v) is 9.30. The Bertz CT molecular complexity index is 379. The van der Waals surface area contributed by atoms with Gasteiger partial charge in [-0.15, -0.1) is 0 Å². The molecule has 1 N–H and O–H groups in total. The monoisotopic (exact) mass is 250 g/mol. The van der Waals surface area contributed by atoms with Gasteiger partial charge in [0.05, 0.1) is 10.0 Å². The van der Waals surface area contributed by atoms with Crippen molar-refractivity contribution in [1.82, 2.24) is 0 Å². The summed E-state index contributed by atoms with van der Waals surface area (Å²) >= 11 is 11.5. The van der Waals surface area contributed by atoms with E-state index in [-0.39, 0.29) is 28.2 Å². The highest BCUT2D eigenvalue weighted by Gasteiger charge is 2.17. The van der Waals surface area contributed by atoms with Gasteiger partial charge in [0.15, 0.2) is 6.79 Å². The highest BCUT2D eigenvalue weighted by Crippen LogP contribution is 2.33. The molecule has 0 spiro atoms. The van der Waals surface area contributed by atoms with Crippen LogP contribution in [-0.4, -0.2) is 25.0 Å². The first kappa shape index (κ1) is 12.1. The molecular formula is C9H8Cl2O4. The summed E-state index contributed by atoms with van der Waals surface area (Å²) in [5.41, 5.74) is -0.174. The predicted molar refractivity (Wildman–Crippen MR) is 55.9 cm³/mol. The first-order valence-electron chi connectivity index (χ1n) is 3.91. The second-order valence-corrected chi connectivity index (χ2v) is 3.38. The fourth-order valence-corrected chi connectivity index (χ4v) is 1.55. The van der Waals surface area contributed by atoms with Gasteiger partial charge < -0.3 is 14.6 Å². The minimum absolute atomic E-state index is 0.0135. The van der Waals surface area contributed by atoms with E-state index in [9.17, 15) is 4.79 Å². The summed E-state index contributed by atoms with van der Waals surface area (Å²) in [7, 11) is 1.45. The predicted octanol–water partition coefficient (Wildman–Crippen LogP) is 2.67. The minimum atomic E-state index is -1.20. The first-order chi connectivity index (χ1) is 7.07. The molecular weight excluding hydrogens is 243 g/mol. The quantitative estimate of drug-likeness (QED) is 0.836. The number of halogens is 2. The second-order valence-electron chi connectivity index (χ2n) is 2.59. The average Bonchev–Trinajstić information content (AvgIpc) is 2.16. The molecule has 0 atom stereocenters. The fraction of sp³-hybridized carbons (Fsp3) is 0.222. The molecule has 0 aliphatic rings. The Morgan fingerprint density at radius 1 is 1.47 bits per heavy atom. The molecule has 0 aromatic heterocycles. The number of aromatic carboxylic acids is 1. The van der Waals surface area contributed by atoms with Gasteiger partial charge >= 0.3 is 5.97 Å². The van der Waals surface area contributed by atoms with Crippen LogP contribution in [0.1, 0.15) is 10.4 Å². The van der Waals surface area contributed by atoms with Crippen LogP contribution in [0, 0.1) is 0 Å². The molecule has 0 aliphatic carbocycles. The molecule has 0 bridgehead atoms. The van der Waals surface area contributed by atoms with Crippen LogP contribution in [-0.2, 0) is 4.74 Å². The molecule has 82 valence electrons. The first-order valence-corrected chi connectivity index (χ1v) is 4.66. The summed E-state index contributed by atoms with van der Waals surface area (Å²) in [5.74, 6) is -0.979. The fourth-order valence-electron chi connectivity index (χ4n) is 0.963. The van der Waals surface area contributed by atoms with E-state index >= 15 is 0 Å². The van der Waals surface area contributed by atoms with Crippen molar-refractivity contribution in [3.05, 3.63) is 27.7 Å². The molecule has 0 amide bonds. The van der Waals surface area contributed by atoms with Crippen LogP contribution < -0.4 is 4.74 Å². The van der Waals surface area contributed by atoms with Crippen molar-refractivity contribution >= 4 is 29.2 Å². The number of ether oxygens (including phenoxy) is 2. The molecule has 0 radical (unpaired) electrons. The summed E-state index contributed by atoms with van der Waals surface area (Å²) < 4.78 is 9.73. The maximum absolute atomic E-state index is 10.8. The smallest absolute Gasteiger partial charge is 0.338 e. The lowest BCUT2D eigenvalue weighted by atomic mass is 10.2. The van der Waals surface area contributed by atoms with Gasteiger partial charge in [-0.2, -0.15) is 0 Å². The number of hydrogen-bond acceptors (Lipinski definition) is 3. The number of hydrogen-bond donors (Lipinski definition) is 1. The van der Waals surface area contributed by atoms with Gasteiger partial charge in [0.2, 0.25) is 0 Å². The highest BCUT2D eigenvalue weighted by atomic mass is 35.5. The third kappa shape index (κ3) is 2.75. The zero-order chi connectivity index (χ0) is 11.4. The largest absolute Gasteiger partial charge is 0.478 e. The van der Waals surface area contributed by atoms with Crippen molar-refractivity contribution in [1.29, 1.82) is 0 Å². The van der Waals surface area contributed by atoms with Crippen molar-refractivity contribution < 1.29 is 19.4 Å². The van der Waals surface area contributed by atoms with E-state index in [1.165, 1.54) is 19.2 Å². The van der Waals surface area contributed by atoms with Crippen molar-refractivity contribution in [3.8, 4) is 5.75 Å². The zero-order valence-electron chi connectivity index (χ0n) is 7.79. The third-order valence-corrected chi connectivity index (χ3v) is 2.29. The van der Waals surface area contributed by atoms with Gasteiger partial charge in [-0.1, -0.05) is 23.2 Å². The van der Waals surface area contributed by atoms with Gasteiger partial charge in [-0.25, -0.2) is 4.79 Å². The molecule has 1 rings (SSSR count). The van der Waals surface area contributed by atoms with Crippen LogP contribution in [0.4, 0.5) is 0 Å². The van der Waals surface area contributed by atoms with Crippen LogP contribution in [0.5, 0.6) is 5.75 Å². The Morgan fingerprint density at radius 2 is 2.13 bits per heavy atom. The van der Waals surface area contributed by atoms with E-state index in [1.54, 1.807) is 0 Å². The van der Waals surface area contributed by atoms with Crippen LogP contribution >= 0.6 is 23.2 Å². The molecule has 1 aromatic rings. The van der Waals surface area contributed by atoms with Gasteiger partial charge in [0.1, 0.15) is 11.3 Å². The van der Waals surface area contributed by atoms with E-state index in [2.05, 4.69) is 4.74 Å². The summed E-state index contributed by atoms with van der Waals surface area (Å²) in [6.45, 7) is -0.0135. The van der Waals surface area contributed by atoms with Gasteiger partial charge in [-0.3, -0.25) is 0 Å². The van der Waals surface area contributed by atoms with Crippen molar-refractivity contribution in [2.45, 2.75) is 0 Å². The molecule has 0 unspecified atom stereocenters. The Balaban J connectivity index is 3.11. The summed E-state index contributed by atoms with van der Waals surface area (Å²) in [5, 5.41) is 8.87. The highest BCUT2D eigenvalue weighted by molar-refractivity contribution is 6.40. The average molecular weight is 251 g/mol. The number of carboxylic acid groups (broad SMARTS) is 1. The molecule has 0 saturated carbocycles. The van der Waals surface area contributed by atoms with Gasteiger partial charge in [-0.05, 0) is 12.1 Å². The lowest BCUT2D eigenvalue weighted by Crippen LogP contribution is -2.03. The summed E-state index contributed by atoms with van der Waals surface area (Å²) in [6.07, 6.45) is 0. The van der Waals surface area contributed by atoms with Crippen molar-refractivity contribution in [2.75, 3.05) is 13.9 Å². The topological polar surface area (TPSA) is 55.8 Å². The summed E-state index contributed by atoms with van der Waals surface area (Å²) in [4.78, 5) is 10.8. The second kappa shape index (κ2) is 5.21. The van der Waals surface area contributed by atoms with Crippen LogP contribution in [0.2, 0.25) is 10.0 Å². The lowest BCUT2D eigenvalue weighted by molar-refractivity contribution is 0.0508. The number of methoxy groups -OCH3 is 1. The standard InChI is InChI=1S/C9H8Cl2O4/c1-14-4-15-6-3-2-5(10)7(8(6)11)9(12)13/h2-3H,4H2,1H3,(H,12,13). The molecule has 4 nitrogen and oxygen atoms in total. The Morgan fingerprint density at radius 3 is 2.67 bits per heavy atom. The minimum Gasteiger partial charge on any atom is -0.478 e. The van der Waals surface area contributed by atoms with Crippen LogP contribution in [0.25, 0.3) is 0 Å². The molecule has 6 heteroatoms. The van der Waals surface area contributed by atoms with Gasteiger partial charge in [0, 0.05) is 7.11 Å². The number of carbonyl (C=O) groups is 1. The van der Waals surface area contributed by atoms with E-state index in [4.69, 9.17) is 33.0 Å². The Hall–Kier alpha value is -0.970. The lowest BCUT2D eigenvalue weighted by Gasteiger charge is -2.09. The maximum Gasteiger partial charge on any atom is 0.338 e. The van der Waals surface area contributed by atoms with Crippen LogP contribution in [0.3, 0.4) is 0 Å². The molecule has 0 aliphatic heterocycles. The van der Waals surface area contributed by atoms with E-state index in [1.807, 2.05) is 0 Å². The molecule has 0 saturated heterocycles. The molecule has 15 heavy (non-hydrogen) atoms. The normalized spacial score (nSPS) is 10.1. The number of rotatable bonds is 4. The maximum atomic E-state index is 10.8. The Labute approximate surface area is 96.3 Å². The molecule has 0 heterocycles. The van der Waals surface area contributed by atoms with Crippen molar-refractivity contribution in [3.63, 3.8) is 0 Å². The Kier molecular flexibility index (Phi) is 4.20. The van der Waals surface area contributed by atoms with Crippen LogP contribution in [0.15, 0.2) is 12.1 Å². The van der Waals surface area contributed by atoms with E-state index in [0.717, 1.165) is 0 Å². The van der Waals surface area contributed by atoms with Crippen molar-refractivity contribution in [2.24, 2.45) is 0 Å². The van der Waals surface area contributed by atoms with Gasteiger partial charge in [0.25, 0.3) is 0 Å². The van der Waals surface area contributed by atoms with E-state index in [0.29, 0.717) is 0 Å². The number of benzene rings is 1. The molecule has 0 fully saturated rings. The third-order valence-electron chi connectivity index (χ3n) is 1.60. The van der Waals surface area contributed by atoms with E-state index < -0.39 is 5.97 Å².